The third-order valence-electron chi connectivity index (χ3n) is 3.52. The highest BCUT2D eigenvalue weighted by Crippen LogP contribution is 2.18. The Morgan fingerprint density at radius 2 is 2.17 bits per heavy atom. The van der Waals surface area contributed by atoms with Crippen LogP contribution in [0.5, 0.6) is 0 Å². The Bertz CT molecular complexity index is 612. The average Bonchev–Trinajstić information content (AvgIpc) is 3.04. The predicted octanol–water partition coefficient (Wildman–Crippen LogP) is 1.76. The number of ether oxygens (including phenoxy) is 1. The van der Waals surface area contributed by atoms with Gasteiger partial charge in [0.2, 0.25) is 5.91 Å². The van der Waals surface area contributed by atoms with E-state index in [0.29, 0.717) is 31.9 Å². The highest BCUT2D eigenvalue weighted by molar-refractivity contribution is 5.85. The van der Waals surface area contributed by atoms with E-state index in [1.807, 2.05) is 36.4 Å². The molecule has 1 saturated heterocycles. The van der Waals surface area contributed by atoms with Gasteiger partial charge in [-0.1, -0.05) is 35.5 Å². The van der Waals surface area contributed by atoms with Gasteiger partial charge in [-0.05, 0) is 0 Å². The molecule has 1 aromatic heterocycles. The number of morpholine rings is 1. The quantitative estimate of drug-likeness (QED) is 0.869. The van der Waals surface area contributed by atoms with Gasteiger partial charge in [0.15, 0.2) is 5.76 Å². The van der Waals surface area contributed by atoms with E-state index in [-0.39, 0.29) is 24.4 Å². The molecule has 7 heteroatoms. The molecule has 2 heterocycles. The smallest absolute Gasteiger partial charge is 0.222 e. The molecule has 6 nitrogen and oxygen atoms in total. The maximum absolute atomic E-state index is 11.9. The number of nitrogens with one attached hydrogen (secondary N) is 2. The van der Waals surface area contributed by atoms with Crippen molar-refractivity contribution in [3.63, 3.8) is 0 Å². The van der Waals surface area contributed by atoms with Crippen molar-refractivity contribution >= 4 is 18.3 Å². The Kier molecular flexibility index (Phi) is 6.58. The largest absolute Gasteiger partial charge is 0.378 e. The monoisotopic (exact) mass is 337 g/mol. The average molecular weight is 338 g/mol. The molecule has 0 saturated carbocycles. The van der Waals surface area contributed by atoms with Gasteiger partial charge in [0, 0.05) is 30.6 Å². The molecule has 2 aromatic rings. The van der Waals surface area contributed by atoms with Crippen LogP contribution >= 0.6 is 12.4 Å². The first-order valence-corrected chi connectivity index (χ1v) is 7.40. The SMILES string of the molecule is Cl.O=C(CC1COCCN1)NCc1cc(-c2ccccc2)no1. The summed E-state index contributed by atoms with van der Waals surface area (Å²) in [6, 6.07) is 11.7. The van der Waals surface area contributed by atoms with E-state index in [1.54, 1.807) is 0 Å². The van der Waals surface area contributed by atoms with Gasteiger partial charge >= 0.3 is 0 Å². The van der Waals surface area contributed by atoms with Gasteiger partial charge in [0.25, 0.3) is 0 Å². The van der Waals surface area contributed by atoms with E-state index in [4.69, 9.17) is 9.26 Å². The minimum absolute atomic E-state index is 0. The Balaban J connectivity index is 0.00000192. The molecule has 3 rings (SSSR count). The molecule has 0 bridgehead atoms. The zero-order valence-electron chi connectivity index (χ0n) is 12.7. The van der Waals surface area contributed by atoms with Gasteiger partial charge in [-0.2, -0.15) is 0 Å². The van der Waals surface area contributed by atoms with Gasteiger partial charge in [-0.3, -0.25) is 4.79 Å². The van der Waals surface area contributed by atoms with E-state index in [2.05, 4.69) is 15.8 Å². The summed E-state index contributed by atoms with van der Waals surface area (Å²) in [7, 11) is 0. The maximum Gasteiger partial charge on any atom is 0.222 e. The van der Waals surface area contributed by atoms with Crippen LogP contribution in [0, 0.1) is 0 Å². The Morgan fingerprint density at radius 1 is 1.35 bits per heavy atom. The summed E-state index contributed by atoms with van der Waals surface area (Å²) in [6.45, 7) is 2.42. The molecule has 0 aliphatic carbocycles. The lowest BCUT2D eigenvalue weighted by Gasteiger charge is -2.23. The van der Waals surface area contributed by atoms with Crippen LogP contribution < -0.4 is 10.6 Å². The number of aromatic nitrogens is 1. The van der Waals surface area contributed by atoms with Crippen molar-refractivity contribution in [1.29, 1.82) is 0 Å². The summed E-state index contributed by atoms with van der Waals surface area (Å²) < 4.78 is 10.6. The minimum atomic E-state index is -0.0272. The van der Waals surface area contributed by atoms with Crippen molar-refractivity contribution in [3.8, 4) is 11.3 Å². The van der Waals surface area contributed by atoms with Crippen LogP contribution in [0.2, 0.25) is 0 Å². The molecule has 1 amide bonds. The first kappa shape index (κ1) is 17.5. The number of halogens is 1. The lowest BCUT2D eigenvalue weighted by atomic mass is 10.1. The Labute approximate surface area is 141 Å². The molecule has 2 N–H and O–H groups in total. The van der Waals surface area contributed by atoms with Crippen LogP contribution in [0.15, 0.2) is 40.9 Å². The number of carbonyl (C=O) groups is 1. The van der Waals surface area contributed by atoms with Crippen molar-refractivity contribution in [2.45, 2.75) is 19.0 Å². The van der Waals surface area contributed by atoms with Gasteiger partial charge in [-0.25, -0.2) is 0 Å². The summed E-state index contributed by atoms with van der Waals surface area (Å²) in [5.74, 6) is 0.612. The van der Waals surface area contributed by atoms with Gasteiger partial charge in [0.1, 0.15) is 5.69 Å². The molecule has 1 fully saturated rings. The van der Waals surface area contributed by atoms with Crippen molar-refractivity contribution in [3.05, 3.63) is 42.2 Å². The molecule has 23 heavy (non-hydrogen) atoms. The number of rotatable bonds is 5. The number of amides is 1. The van der Waals surface area contributed by atoms with Gasteiger partial charge in [-0.15, -0.1) is 12.4 Å². The van der Waals surface area contributed by atoms with E-state index >= 15 is 0 Å². The van der Waals surface area contributed by atoms with E-state index in [9.17, 15) is 4.79 Å². The van der Waals surface area contributed by atoms with Crippen molar-refractivity contribution in [2.75, 3.05) is 19.8 Å². The van der Waals surface area contributed by atoms with Crippen molar-refractivity contribution < 1.29 is 14.1 Å². The normalized spacial score (nSPS) is 17.3. The second-order valence-electron chi connectivity index (χ2n) is 5.25. The topological polar surface area (TPSA) is 76.4 Å². The second-order valence-corrected chi connectivity index (χ2v) is 5.25. The summed E-state index contributed by atoms with van der Waals surface area (Å²) in [5, 5.41) is 10.1. The summed E-state index contributed by atoms with van der Waals surface area (Å²) in [6.07, 6.45) is 0.402. The van der Waals surface area contributed by atoms with Crippen LogP contribution in [0.3, 0.4) is 0 Å². The number of hydrogen-bond acceptors (Lipinski definition) is 5. The van der Waals surface area contributed by atoms with Gasteiger partial charge < -0.3 is 19.9 Å². The summed E-state index contributed by atoms with van der Waals surface area (Å²) in [5.41, 5.74) is 1.76. The zero-order chi connectivity index (χ0) is 15.2. The molecular formula is C16H20ClN3O3. The lowest BCUT2D eigenvalue weighted by molar-refractivity contribution is -0.122. The number of nitrogens with zero attached hydrogens (tertiary/aromatic N) is 1. The van der Waals surface area contributed by atoms with Crippen LogP contribution in [0.1, 0.15) is 12.2 Å². The van der Waals surface area contributed by atoms with Crippen LogP contribution in [-0.2, 0) is 16.1 Å². The molecule has 124 valence electrons. The van der Waals surface area contributed by atoms with Crippen molar-refractivity contribution in [1.82, 2.24) is 15.8 Å². The molecule has 1 atom stereocenters. The fourth-order valence-corrected chi connectivity index (χ4v) is 2.37. The number of benzene rings is 1. The summed E-state index contributed by atoms with van der Waals surface area (Å²) in [4.78, 5) is 11.9. The minimum Gasteiger partial charge on any atom is -0.378 e. The second kappa shape index (κ2) is 8.67. The van der Waals surface area contributed by atoms with E-state index in [0.717, 1.165) is 17.8 Å². The molecule has 1 aliphatic rings. The number of carbonyl (C=O) groups excluding carboxylic acids is 1. The first-order chi connectivity index (χ1) is 10.8. The van der Waals surface area contributed by atoms with Crippen molar-refractivity contribution in [2.24, 2.45) is 0 Å². The fraction of sp³-hybridized carbons (Fsp3) is 0.375. The molecule has 1 unspecified atom stereocenters. The van der Waals surface area contributed by atoms with Crippen LogP contribution in [0.4, 0.5) is 0 Å². The molecule has 0 spiro atoms. The highest BCUT2D eigenvalue weighted by Gasteiger charge is 2.17. The van der Waals surface area contributed by atoms with Crippen LogP contribution in [0.25, 0.3) is 11.3 Å². The van der Waals surface area contributed by atoms with Crippen LogP contribution in [-0.4, -0.2) is 36.9 Å². The lowest BCUT2D eigenvalue weighted by Crippen LogP contribution is -2.44. The number of hydrogen-bond donors (Lipinski definition) is 2. The Morgan fingerprint density at radius 3 is 2.91 bits per heavy atom. The molecular weight excluding hydrogens is 318 g/mol. The molecule has 1 aromatic carbocycles. The first-order valence-electron chi connectivity index (χ1n) is 7.40. The highest BCUT2D eigenvalue weighted by atomic mass is 35.5. The summed E-state index contributed by atoms with van der Waals surface area (Å²) >= 11 is 0. The molecule has 0 radical (unpaired) electrons. The van der Waals surface area contributed by atoms with E-state index in [1.165, 1.54) is 0 Å². The standard InChI is InChI=1S/C16H19N3O3.ClH/c20-16(8-13-11-21-7-6-17-13)18-10-14-9-15(19-22-14)12-4-2-1-3-5-12;/h1-5,9,13,17H,6-8,10-11H2,(H,18,20);1H. The Hall–Kier alpha value is -1.89. The van der Waals surface area contributed by atoms with Gasteiger partial charge in [0.05, 0.1) is 19.8 Å². The predicted molar refractivity (Wildman–Crippen MR) is 88.3 cm³/mol. The fourth-order valence-electron chi connectivity index (χ4n) is 2.37. The molecule has 1 aliphatic heterocycles. The van der Waals surface area contributed by atoms with E-state index < -0.39 is 0 Å². The maximum atomic E-state index is 11.9. The third kappa shape index (κ3) is 5.06. The zero-order valence-corrected chi connectivity index (χ0v) is 13.5. The third-order valence-corrected chi connectivity index (χ3v) is 3.52.